The van der Waals surface area contributed by atoms with Crippen LogP contribution in [0, 0.1) is 13.8 Å². The number of hydrogen-bond donors (Lipinski definition) is 2. The number of carbonyl (C=O) groups excluding carboxylic acids is 3. The van der Waals surface area contributed by atoms with Crippen LogP contribution < -0.4 is 10.7 Å². The minimum Gasteiger partial charge on any atom is -0.318 e. The van der Waals surface area contributed by atoms with Gasteiger partial charge in [0.2, 0.25) is 0 Å². The molecule has 2 N–H and O–H groups in total. The van der Waals surface area contributed by atoms with Crippen molar-refractivity contribution in [2.75, 3.05) is 0 Å². The number of amides is 4. The van der Waals surface area contributed by atoms with Gasteiger partial charge in [-0.05, 0) is 38.5 Å². The maximum Gasteiger partial charge on any atom is 0.344 e. The summed E-state index contributed by atoms with van der Waals surface area (Å²) in [6.07, 6.45) is 0. The lowest BCUT2D eigenvalue weighted by Crippen LogP contribution is -2.47. The van der Waals surface area contributed by atoms with Crippen LogP contribution in [0.2, 0.25) is 0 Å². The molecule has 1 heterocycles. The summed E-state index contributed by atoms with van der Waals surface area (Å²) in [7, 11) is 0. The standard InChI is InChI=1S/C19H19N3O3/c1-12-9-13(2)11-14(10-12)16(23)21-22-17(24)19(3,20-18(22)25)15-7-5-4-6-8-15/h4-11H,1-3H3,(H,20,25)(H,21,23). The number of urea groups is 1. The maximum atomic E-state index is 12.8. The average molecular weight is 337 g/mol. The van der Waals surface area contributed by atoms with Crippen LogP contribution in [0.5, 0.6) is 0 Å². The van der Waals surface area contributed by atoms with Gasteiger partial charge in [0.25, 0.3) is 11.8 Å². The zero-order chi connectivity index (χ0) is 18.2. The molecule has 3 rings (SSSR count). The number of rotatable bonds is 3. The Bertz CT molecular complexity index is 843. The first-order valence-electron chi connectivity index (χ1n) is 7.93. The highest BCUT2D eigenvalue weighted by molar-refractivity contribution is 6.09. The molecule has 1 unspecified atom stereocenters. The van der Waals surface area contributed by atoms with Gasteiger partial charge < -0.3 is 5.32 Å². The van der Waals surface area contributed by atoms with Crippen LogP contribution in [0.4, 0.5) is 4.79 Å². The molecule has 0 aliphatic carbocycles. The summed E-state index contributed by atoms with van der Waals surface area (Å²) in [6, 6.07) is 13.6. The maximum absolute atomic E-state index is 12.8. The molecule has 6 heteroatoms. The van der Waals surface area contributed by atoms with Crippen LogP contribution in [0.15, 0.2) is 48.5 Å². The lowest BCUT2D eigenvalue weighted by molar-refractivity contribution is -0.132. The summed E-state index contributed by atoms with van der Waals surface area (Å²) in [5.41, 5.74) is 4.09. The lowest BCUT2D eigenvalue weighted by Gasteiger charge is -2.22. The van der Waals surface area contributed by atoms with Crippen molar-refractivity contribution in [1.29, 1.82) is 0 Å². The Morgan fingerprint density at radius 3 is 2.24 bits per heavy atom. The zero-order valence-corrected chi connectivity index (χ0v) is 14.3. The van der Waals surface area contributed by atoms with E-state index < -0.39 is 23.4 Å². The molecule has 0 saturated carbocycles. The summed E-state index contributed by atoms with van der Waals surface area (Å²) < 4.78 is 0. The third kappa shape index (κ3) is 2.98. The normalized spacial score (nSPS) is 19.7. The van der Waals surface area contributed by atoms with E-state index in [1.54, 1.807) is 43.3 Å². The molecule has 1 aliphatic rings. The van der Waals surface area contributed by atoms with Gasteiger partial charge in [-0.1, -0.05) is 47.5 Å². The Balaban J connectivity index is 1.85. The van der Waals surface area contributed by atoms with E-state index >= 15 is 0 Å². The molecule has 1 fully saturated rings. The van der Waals surface area contributed by atoms with Gasteiger partial charge in [0.1, 0.15) is 5.54 Å². The molecule has 0 bridgehead atoms. The van der Waals surface area contributed by atoms with Gasteiger partial charge in [-0.15, -0.1) is 0 Å². The van der Waals surface area contributed by atoms with Crippen LogP contribution in [-0.2, 0) is 10.3 Å². The lowest BCUT2D eigenvalue weighted by atomic mass is 9.92. The molecule has 1 aliphatic heterocycles. The van der Waals surface area contributed by atoms with E-state index in [0.717, 1.165) is 16.1 Å². The van der Waals surface area contributed by atoms with E-state index in [1.165, 1.54) is 0 Å². The first kappa shape index (κ1) is 16.7. The van der Waals surface area contributed by atoms with Crippen LogP contribution in [0.25, 0.3) is 0 Å². The minimum absolute atomic E-state index is 0.395. The number of carbonyl (C=O) groups is 3. The molecular formula is C19H19N3O3. The summed E-state index contributed by atoms with van der Waals surface area (Å²) >= 11 is 0. The highest BCUT2D eigenvalue weighted by Crippen LogP contribution is 2.27. The molecule has 6 nitrogen and oxygen atoms in total. The summed E-state index contributed by atoms with van der Waals surface area (Å²) in [4.78, 5) is 37.5. The highest BCUT2D eigenvalue weighted by Gasteiger charge is 2.50. The van der Waals surface area contributed by atoms with Crippen LogP contribution in [-0.4, -0.2) is 22.9 Å². The molecule has 0 aromatic heterocycles. The van der Waals surface area contributed by atoms with E-state index in [1.807, 2.05) is 26.0 Å². The van der Waals surface area contributed by atoms with Gasteiger partial charge in [0, 0.05) is 5.56 Å². The predicted octanol–water partition coefficient (Wildman–Crippen LogP) is 2.42. The Kier molecular flexibility index (Phi) is 4.04. The molecule has 4 amide bonds. The quantitative estimate of drug-likeness (QED) is 0.844. The molecule has 2 aromatic rings. The first-order valence-corrected chi connectivity index (χ1v) is 7.93. The minimum atomic E-state index is -1.21. The van der Waals surface area contributed by atoms with E-state index in [4.69, 9.17) is 0 Å². The van der Waals surface area contributed by atoms with Gasteiger partial charge in [-0.2, -0.15) is 5.01 Å². The first-order chi connectivity index (χ1) is 11.8. The SMILES string of the molecule is Cc1cc(C)cc(C(=O)NN2C(=O)NC(C)(c3ccccc3)C2=O)c1. The van der Waals surface area contributed by atoms with Gasteiger partial charge in [-0.25, -0.2) is 4.79 Å². The van der Waals surface area contributed by atoms with E-state index in [2.05, 4.69) is 10.7 Å². The number of imide groups is 1. The van der Waals surface area contributed by atoms with Gasteiger partial charge in [0.15, 0.2) is 0 Å². The zero-order valence-electron chi connectivity index (χ0n) is 14.3. The average Bonchev–Trinajstić information content (AvgIpc) is 2.79. The number of nitrogens with zero attached hydrogens (tertiary/aromatic N) is 1. The third-order valence-corrected chi connectivity index (χ3v) is 4.24. The van der Waals surface area contributed by atoms with Gasteiger partial charge in [0.05, 0.1) is 0 Å². The van der Waals surface area contributed by atoms with Gasteiger partial charge >= 0.3 is 6.03 Å². The van der Waals surface area contributed by atoms with Crippen molar-refractivity contribution in [2.45, 2.75) is 26.3 Å². The van der Waals surface area contributed by atoms with E-state index in [-0.39, 0.29) is 0 Å². The molecule has 0 radical (unpaired) electrons. The molecule has 128 valence electrons. The Labute approximate surface area is 145 Å². The monoisotopic (exact) mass is 337 g/mol. The summed E-state index contributed by atoms with van der Waals surface area (Å²) in [5.74, 6) is -1.03. The fraction of sp³-hybridized carbons (Fsp3) is 0.211. The number of hydrogen-bond acceptors (Lipinski definition) is 3. The van der Waals surface area contributed by atoms with Crippen molar-refractivity contribution < 1.29 is 14.4 Å². The third-order valence-electron chi connectivity index (χ3n) is 4.24. The van der Waals surface area contributed by atoms with E-state index in [0.29, 0.717) is 11.1 Å². The second-order valence-electron chi connectivity index (χ2n) is 6.38. The Hall–Kier alpha value is -3.15. The van der Waals surface area contributed by atoms with Gasteiger partial charge in [-0.3, -0.25) is 15.0 Å². The molecule has 1 atom stereocenters. The topological polar surface area (TPSA) is 78.5 Å². The number of nitrogens with one attached hydrogen (secondary N) is 2. The Morgan fingerprint density at radius 1 is 1.04 bits per heavy atom. The van der Waals surface area contributed by atoms with Crippen molar-refractivity contribution in [3.05, 3.63) is 70.8 Å². The summed E-state index contributed by atoms with van der Waals surface area (Å²) in [6.45, 7) is 5.37. The largest absolute Gasteiger partial charge is 0.344 e. The van der Waals surface area contributed by atoms with Crippen molar-refractivity contribution in [3.63, 3.8) is 0 Å². The second kappa shape index (κ2) is 6.05. The number of hydrazine groups is 1. The van der Waals surface area contributed by atoms with Crippen molar-refractivity contribution >= 4 is 17.8 Å². The molecular weight excluding hydrogens is 318 g/mol. The number of benzene rings is 2. The predicted molar refractivity (Wildman–Crippen MR) is 92.6 cm³/mol. The van der Waals surface area contributed by atoms with Crippen LogP contribution >= 0.6 is 0 Å². The molecule has 25 heavy (non-hydrogen) atoms. The Morgan fingerprint density at radius 2 is 1.64 bits per heavy atom. The number of aryl methyl sites for hydroxylation is 2. The van der Waals surface area contributed by atoms with Crippen molar-refractivity contribution in [1.82, 2.24) is 15.8 Å². The van der Waals surface area contributed by atoms with Crippen molar-refractivity contribution in [3.8, 4) is 0 Å². The van der Waals surface area contributed by atoms with Crippen LogP contribution in [0.1, 0.15) is 34.0 Å². The molecule has 0 spiro atoms. The summed E-state index contributed by atoms with van der Waals surface area (Å²) in [5, 5.41) is 3.39. The molecule has 2 aromatic carbocycles. The fourth-order valence-electron chi connectivity index (χ4n) is 2.98. The van der Waals surface area contributed by atoms with Crippen LogP contribution in [0.3, 0.4) is 0 Å². The smallest absolute Gasteiger partial charge is 0.318 e. The second-order valence-corrected chi connectivity index (χ2v) is 6.38. The van der Waals surface area contributed by atoms with Crippen molar-refractivity contribution in [2.24, 2.45) is 0 Å². The van der Waals surface area contributed by atoms with E-state index in [9.17, 15) is 14.4 Å². The molecule has 1 saturated heterocycles. The highest BCUT2D eigenvalue weighted by atomic mass is 16.2. The fourth-order valence-corrected chi connectivity index (χ4v) is 2.98.